The molecular weight excluding hydrogens is 248 g/mol. The van der Waals surface area contributed by atoms with Gasteiger partial charge in [-0.3, -0.25) is 4.79 Å². The van der Waals surface area contributed by atoms with Gasteiger partial charge in [-0.15, -0.1) is 0 Å². The number of carbonyl (C=O) groups excluding carboxylic acids is 1. The van der Waals surface area contributed by atoms with Gasteiger partial charge in [0.25, 0.3) is 0 Å². The third kappa shape index (κ3) is 4.67. The molecule has 0 radical (unpaired) electrons. The van der Waals surface area contributed by atoms with Crippen LogP contribution in [0, 0.1) is 6.92 Å². The molecule has 18 heavy (non-hydrogen) atoms. The van der Waals surface area contributed by atoms with Crippen molar-refractivity contribution >= 4 is 17.5 Å². The van der Waals surface area contributed by atoms with Crippen LogP contribution in [0.3, 0.4) is 0 Å². The highest BCUT2D eigenvalue weighted by atomic mass is 35.5. The summed E-state index contributed by atoms with van der Waals surface area (Å²) in [6, 6.07) is 6.14. The highest BCUT2D eigenvalue weighted by Gasteiger charge is 2.10. The van der Waals surface area contributed by atoms with Crippen molar-refractivity contribution < 1.29 is 4.79 Å². The number of carbonyl (C=O) groups is 1. The molecule has 0 saturated heterocycles. The summed E-state index contributed by atoms with van der Waals surface area (Å²) in [7, 11) is 3.55. The van der Waals surface area contributed by atoms with E-state index in [0.29, 0.717) is 6.42 Å². The first-order chi connectivity index (χ1) is 8.40. The molecule has 3 nitrogen and oxygen atoms in total. The van der Waals surface area contributed by atoms with Crippen molar-refractivity contribution in [3.05, 3.63) is 34.3 Å². The van der Waals surface area contributed by atoms with Crippen LogP contribution in [0.25, 0.3) is 0 Å². The molecule has 0 aliphatic rings. The monoisotopic (exact) mass is 268 g/mol. The van der Waals surface area contributed by atoms with E-state index in [-0.39, 0.29) is 11.9 Å². The first-order valence-electron chi connectivity index (χ1n) is 6.08. The van der Waals surface area contributed by atoms with Gasteiger partial charge in [0.1, 0.15) is 0 Å². The highest BCUT2D eigenvalue weighted by molar-refractivity contribution is 6.31. The van der Waals surface area contributed by atoms with Gasteiger partial charge in [0, 0.05) is 38.1 Å². The Kier molecular flexibility index (Phi) is 5.63. The van der Waals surface area contributed by atoms with Crippen molar-refractivity contribution in [1.82, 2.24) is 10.2 Å². The minimum atomic E-state index is 0.141. The summed E-state index contributed by atoms with van der Waals surface area (Å²) in [5.41, 5.74) is 2.26. The van der Waals surface area contributed by atoms with Gasteiger partial charge in [-0.1, -0.05) is 23.7 Å². The van der Waals surface area contributed by atoms with Gasteiger partial charge in [0.15, 0.2) is 0 Å². The van der Waals surface area contributed by atoms with Crippen molar-refractivity contribution in [2.75, 3.05) is 14.1 Å². The van der Waals surface area contributed by atoms with Crippen molar-refractivity contribution in [2.45, 2.75) is 32.9 Å². The lowest BCUT2D eigenvalue weighted by molar-refractivity contribution is -0.129. The van der Waals surface area contributed by atoms with Crippen LogP contribution in [0.15, 0.2) is 18.2 Å². The normalized spacial score (nSPS) is 12.3. The predicted octanol–water partition coefficient (Wildman–Crippen LogP) is 2.60. The largest absolute Gasteiger partial charge is 0.349 e. The van der Waals surface area contributed by atoms with Crippen LogP contribution in [-0.2, 0) is 11.3 Å². The first-order valence-corrected chi connectivity index (χ1v) is 6.46. The third-order valence-electron chi connectivity index (χ3n) is 2.86. The zero-order valence-electron chi connectivity index (χ0n) is 11.5. The Labute approximate surface area is 114 Å². The van der Waals surface area contributed by atoms with Crippen molar-refractivity contribution in [2.24, 2.45) is 0 Å². The van der Waals surface area contributed by atoms with Crippen LogP contribution >= 0.6 is 11.6 Å². The summed E-state index contributed by atoms with van der Waals surface area (Å²) in [6.07, 6.45) is 0.513. The molecule has 1 aromatic carbocycles. The van der Waals surface area contributed by atoms with E-state index in [2.05, 4.69) is 11.4 Å². The summed E-state index contributed by atoms with van der Waals surface area (Å²) in [5.74, 6) is 0.141. The van der Waals surface area contributed by atoms with Gasteiger partial charge < -0.3 is 10.2 Å². The Hall–Kier alpha value is -1.06. The van der Waals surface area contributed by atoms with Gasteiger partial charge in [-0.05, 0) is 31.0 Å². The van der Waals surface area contributed by atoms with Crippen molar-refractivity contribution in [1.29, 1.82) is 0 Å². The summed E-state index contributed by atoms with van der Waals surface area (Å²) >= 11 is 5.98. The molecule has 0 aliphatic heterocycles. The molecule has 1 rings (SSSR count). The Bertz CT molecular complexity index is 418. The molecule has 0 aliphatic carbocycles. The van der Waals surface area contributed by atoms with E-state index in [1.54, 1.807) is 19.0 Å². The SMILES string of the molecule is Cc1cc(CNC(C)CC(=O)N(C)C)ccc1Cl. The molecule has 0 spiro atoms. The Morgan fingerprint density at radius 3 is 2.67 bits per heavy atom. The summed E-state index contributed by atoms with van der Waals surface area (Å²) < 4.78 is 0. The summed E-state index contributed by atoms with van der Waals surface area (Å²) in [6.45, 7) is 4.76. The second-order valence-corrected chi connectivity index (χ2v) is 5.26. The van der Waals surface area contributed by atoms with E-state index < -0.39 is 0 Å². The maximum Gasteiger partial charge on any atom is 0.223 e. The van der Waals surface area contributed by atoms with E-state index in [1.165, 1.54) is 5.56 Å². The number of benzene rings is 1. The molecule has 1 aromatic rings. The minimum Gasteiger partial charge on any atom is -0.349 e. The van der Waals surface area contributed by atoms with Gasteiger partial charge in [0.2, 0.25) is 5.91 Å². The second kappa shape index (κ2) is 6.76. The molecule has 0 bridgehead atoms. The molecular formula is C14H21ClN2O. The lowest BCUT2D eigenvalue weighted by atomic mass is 10.1. The highest BCUT2D eigenvalue weighted by Crippen LogP contribution is 2.16. The molecule has 0 saturated carbocycles. The second-order valence-electron chi connectivity index (χ2n) is 4.86. The Morgan fingerprint density at radius 2 is 2.11 bits per heavy atom. The van der Waals surface area contributed by atoms with Gasteiger partial charge in [-0.25, -0.2) is 0 Å². The van der Waals surface area contributed by atoms with E-state index in [9.17, 15) is 4.79 Å². The maximum atomic E-state index is 11.5. The van der Waals surface area contributed by atoms with Crippen LogP contribution in [-0.4, -0.2) is 30.9 Å². The fraction of sp³-hybridized carbons (Fsp3) is 0.500. The number of nitrogens with zero attached hydrogens (tertiary/aromatic N) is 1. The molecule has 0 heterocycles. The molecule has 0 aromatic heterocycles. The molecule has 1 N–H and O–H groups in total. The van der Waals surface area contributed by atoms with E-state index in [1.807, 2.05) is 26.0 Å². The van der Waals surface area contributed by atoms with Gasteiger partial charge >= 0.3 is 0 Å². The smallest absolute Gasteiger partial charge is 0.223 e. The topological polar surface area (TPSA) is 32.3 Å². The fourth-order valence-electron chi connectivity index (χ4n) is 1.63. The summed E-state index contributed by atoms with van der Waals surface area (Å²) in [5, 5.41) is 4.13. The number of rotatable bonds is 5. The zero-order valence-corrected chi connectivity index (χ0v) is 12.2. The Balaban J connectivity index is 2.45. The molecule has 0 fully saturated rings. The van der Waals surface area contributed by atoms with Gasteiger partial charge in [-0.2, -0.15) is 0 Å². The van der Waals surface area contributed by atoms with Crippen molar-refractivity contribution in [3.8, 4) is 0 Å². The van der Waals surface area contributed by atoms with Crippen LogP contribution in [0.4, 0.5) is 0 Å². The molecule has 1 atom stereocenters. The standard InChI is InChI=1S/C14H21ClN2O/c1-10-7-12(5-6-13(10)15)9-16-11(2)8-14(18)17(3)4/h5-7,11,16H,8-9H2,1-4H3. The lowest BCUT2D eigenvalue weighted by Gasteiger charge is -2.16. The molecule has 1 amide bonds. The van der Waals surface area contributed by atoms with Crippen LogP contribution < -0.4 is 5.32 Å². The minimum absolute atomic E-state index is 0.141. The fourth-order valence-corrected chi connectivity index (χ4v) is 1.74. The maximum absolute atomic E-state index is 11.5. The molecule has 4 heteroatoms. The predicted molar refractivity (Wildman–Crippen MR) is 75.8 cm³/mol. The van der Waals surface area contributed by atoms with Crippen LogP contribution in [0.2, 0.25) is 5.02 Å². The average molecular weight is 269 g/mol. The van der Waals surface area contributed by atoms with E-state index in [0.717, 1.165) is 17.1 Å². The third-order valence-corrected chi connectivity index (χ3v) is 3.28. The van der Waals surface area contributed by atoms with Crippen LogP contribution in [0.5, 0.6) is 0 Å². The quantitative estimate of drug-likeness (QED) is 0.890. The molecule has 100 valence electrons. The number of hydrogen-bond donors (Lipinski definition) is 1. The number of hydrogen-bond acceptors (Lipinski definition) is 2. The van der Waals surface area contributed by atoms with E-state index >= 15 is 0 Å². The zero-order chi connectivity index (χ0) is 13.7. The number of halogens is 1. The Morgan fingerprint density at radius 1 is 1.44 bits per heavy atom. The van der Waals surface area contributed by atoms with Crippen molar-refractivity contribution in [3.63, 3.8) is 0 Å². The lowest BCUT2D eigenvalue weighted by Crippen LogP contribution is -2.32. The number of nitrogens with one attached hydrogen (secondary N) is 1. The average Bonchev–Trinajstić information content (AvgIpc) is 2.30. The first kappa shape index (κ1) is 15.0. The number of amides is 1. The van der Waals surface area contributed by atoms with Gasteiger partial charge in [0.05, 0.1) is 0 Å². The summed E-state index contributed by atoms with van der Waals surface area (Å²) in [4.78, 5) is 13.1. The number of aryl methyl sites for hydroxylation is 1. The van der Waals surface area contributed by atoms with E-state index in [4.69, 9.17) is 11.6 Å². The van der Waals surface area contributed by atoms with Crippen LogP contribution in [0.1, 0.15) is 24.5 Å². The molecule has 1 unspecified atom stereocenters.